The summed E-state index contributed by atoms with van der Waals surface area (Å²) in [6, 6.07) is 18.0. The van der Waals surface area contributed by atoms with Crippen LogP contribution in [0.5, 0.6) is 0 Å². The lowest BCUT2D eigenvalue weighted by atomic mass is 9.96. The summed E-state index contributed by atoms with van der Waals surface area (Å²) >= 11 is 0. The van der Waals surface area contributed by atoms with Crippen molar-refractivity contribution in [2.45, 2.75) is 38.5 Å². The fourth-order valence-corrected chi connectivity index (χ4v) is 3.42. The number of rotatable bonds is 7. The molecule has 1 aliphatic heterocycles. The molecule has 1 heterocycles. The standard InChI is InChI=1S/C22H26N2O2/c1-2-18(19-7-4-3-5-8-19)16-23-21(25)15-17-10-12-20(13-11-17)24-14-6-9-22(24)26/h3-5,7-8,10-13,18H,2,6,9,14-16H2,1H3,(H,23,25)/t18-/m0/s1. The molecule has 2 aromatic carbocycles. The smallest absolute Gasteiger partial charge is 0.227 e. The Hall–Kier alpha value is -2.62. The number of carbonyl (C=O) groups excluding carboxylic acids is 2. The SMILES string of the molecule is CC[C@@H](CNC(=O)Cc1ccc(N2CCCC2=O)cc1)c1ccccc1. The van der Waals surface area contributed by atoms with Crippen molar-refractivity contribution in [2.75, 3.05) is 18.0 Å². The molecule has 136 valence electrons. The molecule has 0 saturated carbocycles. The first-order valence-electron chi connectivity index (χ1n) is 9.38. The van der Waals surface area contributed by atoms with E-state index in [0.717, 1.165) is 30.6 Å². The van der Waals surface area contributed by atoms with Gasteiger partial charge < -0.3 is 10.2 Å². The van der Waals surface area contributed by atoms with E-state index in [9.17, 15) is 9.59 Å². The van der Waals surface area contributed by atoms with E-state index in [1.165, 1.54) is 5.56 Å². The van der Waals surface area contributed by atoms with Crippen LogP contribution in [0.3, 0.4) is 0 Å². The van der Waals surface area contributed by atoms with Crippen molar-refractivity contribution >= 4 is 17.5 Å². The molecule has 4 nitrogen and oxygen atoms in total. The molecule has 0 spiro atoms. The topological polar surface area (TPSA) is 49.4 Å². The first-order valence-corrected chi connectivity index (χ1v) is 9.38. The number of carbonyl (C=O) groups is 2. The molecule has 2 amide bonds. The zero-order valence-corrected chi connectivity index (χ0v) is 15.3. The van der Waals surface area contributed by atoms with Crippen LogP contribution < -0.4 is 10.2 Å². The minimum atomic E-state index is 0.0318. The lowest BCUT2D eigenvalue weighted by Crippen LogP contribution is -2.29. The summed E-state index contributed by atoms with van der Waals surface area (Å²) in [6.07, 6.45) is 2.90. The van der Waals surface area contributed by atoms with E-state index < -0.39 is 0 Å². The number of nitrogens with one attached hydrogen (secondary N) is 1. The summed E-state index contributed by atoms with van der Waals surface area (Å²) < 4.78 is 0. The molecule has 0 aliphatic carbocycles. The molecular formula is C22H26N2O2. The van der Waals surface area contributed by atoms with Crippen LogP contribution in [0.15, 0.2) is 54.6 Å². The number of hydrogen-bond donors (Lipinski definition) is 1. The highest BCUT2D eigenvalue weighted by atomic mass is 16.2. The van der Waals surface area contributed by atoms with Gasteiger partial charge in [-0.25, -0.2) is 0 Å². The van der Waals surface area contributed by atoms with Crippen LogP contribution in [0, 0.1) is 0 Å². The predicted octanol–water partition coefficient (Wildman–Crippen LogP) is 3.67. The highest BCUT2D eigenvalue weighted by Gasteiger charge is 2.21. The molecule has 3 rings (SSSR count). The second kappa shape index (κ2) is 8.65. The maximum atomic E-state index is 12.3. The van der Waals surface area contributed by atoms with Crippen molar-refractivity contribution in [2.24, 2.45) is 0 Å². The van der Waals surface area contributed by atoms with Gasteiger partial charge in [0, 0.05) is 31.1 Å². The molecule has 0 bridgehead atoms. The van der Waals surface area contributed by atoms with Gasteiger partial charge in [-0.15, -0.1) is 0 Å². The molecule has 1 N–H and O–H groups in total. The van der Waals surface area contributed by atoms with Crippen LogP contribution >= 0.6 is 0 Å². The van der Waals surface area contributed by atoms with Gasteiger partial charge >= 0.3 is 0 Å². The van der Waals surface area contributed by atoms with Gasteiger partial charge in [-0.05, 0) is 36.1 Å². The molecule has 4 heteroatoms. The van der Waals surface area contributed by atoms with Gasteiger partial charge in [0.05, 0.1) is 6.42 Å². The summed E-state index contributed by atoms with van der Waals surface area (Å²) in [5, 5.41) is 3.05. The highest BCUT2D eigenvalue weighted by Crippen LogP contribution is 2.22. The number of amides is 2. The third-order valence-electron chi connectivity index (χ3n) is 5.00. The number of hydrogen-bond acceptors (Lipinski definition) is 2. The summed E-state index contributed by atoms with van der Waals surface area (Å²) in [5.74, 6) is 0.551. The molecule has 1 aliphatic rings. The van der Waals surface area contributed by atoms with E-state index >= 15 is 0 Å². The Kier molecular flexibility index (Phi) is 6.05. The fraction of sp³-hybridized carbons (Fsp3) is 0.364. The van der Waals surface area contributed by atoms with Crippen LogP contribution in [-0.2, 0) is 16.0 Å². The molecule has 1 atom stereocenters. The van der Waals surface area contributed by atoms with Gasteiger partial charge in [0.2, 0.25) is 11.8 Å². The van der Waals surface area contributed by atoms with Gasteiger partial charge in [-0.1, -0.05) is 49.4 Å². The van der Waals surface area contributed by atoms with Gasteiger partial charge in [-0.2, -0.15) is 0 Å². The summed E-state index contributed by atoms with van der Waals surface area (Å²) in [6.45, 7) is 3.58. The molecule has 26 heavy (non-hydrogen) atoms. The average molecular weight is 350 g/mol. The van der Waals surface area contributed by atoms with E-state index in [1.54, 1.807) is 0 Å². The lowest BCUT2D eigenvalue weighted by molar-refractivity contribution is -0.120. The average Bonchev–Trinajstić information content (AvgIpc) is 3.10. The van der Waals surface area contributed by atoms with Crippen molar-refractivity contribution in [3.05, 3.63) is 65.7 Å². The van der Waals surface area contributed by atoms with Crippen LogP contribution in [0.2, 0.25) is 0 Å². The van der Waals surface area contributed by atoms with Crippen LogP contribution in [0.4, 0.5) is 5.69 Å². The second-order valence-electron chi connectivity index (χ2n) is 6.81. The van der Waals surface area contributed by atoms with Crippen LogP contribution in [0.1, 0.15) is 43.2 Å². The largest absolute Gasteiger partial charge is 0.355 e. The molecule has 0 radical (unpaired) electrons. The lowest BCUT2D eigenvalue weighted by Gasteiger charge is -2.17. The normalized spacial score (nSPS) is 15.1. The van der Waals surface area contributed by atoms with Crippen molar-refractivity contribution < 1.29 is 9.59 Å². The van der Waals surface area contributed by atoms with E-state index in [4.69, 9.17) is 0 Å². The van der Waals surface area contributed by atoms with Gasteiger partial charge in [0.15, 0.2) is 0 Å². The molecule has 2 aromatic rings. The zero-order valence-electron chi connectivity index (χ0n) is 15.3. The third kappa shape index (κ3) is 4.51. The first-order chi connectivity index (χ1) is 12.7. The summed E-state index contributed by atoms with van der Waals surface area (Å²) in [4.78, 5) is 25.9. The van der Waals surface area contributed by atoms with Crippen molar-refractivity contribution in [1.82, 2.24) is 5.32 Å². The van der Waals surface area contributed by atoms with E-state index in [0.29, 0.717) is 25.3 Å². The second-order valence-corrected chi connectivity index (χ2v) is 6.81. The van der Waals surface area contributed by atoms with E-state index in [1.807, 2.05) is 47.4 Å². The molecule has 0 unspecified atom stereocenters. The third-order valence-corrected chi connectivity index (χ3v) is 5.00. The maximum Gasteiger partial charge on any atom is 0.227 e. The van der Waals surface area contributed by atoms with Gasteiger partial charge in [0.1, 0.15) is 0 Å². The zero-order chi connectivity index (χ0) is 18.4. The van der Waals surface area contributed by atoms with Crippen molar-refractivity contribution in [1.29, 1.82) is 0 Å². The van der Waals surface area contributed by atoms with Gasteiger partial charge in [0.25, 0.3) is 0 Å². The Balaban J connectivity index is 1.52. The maximum absolute atomic E-state index is 12.3. The van der Waals surface area contributed by atoms with E-state index in [-0.39, 0.29) is 11.8 Å². The quantitative estimate of drug-likeness (QED) is 0.828. The molecule has 1 fully saturated rings. The monoisotopic (exact) mass is 350 g/mol. The Morgan fingerprint density at radius 2 is 1.85 bits per heavy atom. The van der Waals surface area contributed by atoms with Crippen molar-refractivity contribution in [3.63, 3.8) is 0 Å². The van der Waals surface area contributed by atoms with Crippen molar-refractivity contribution in [3.8, 4) is 0 Å². The molecule has 1 saturated heterocycles. The fourth-order valence-electron chi connectivity index (χ4n) is 3.42. The molecule has 0 aromatic heterocycles. The first kappa shape index (κ1) is 18.2. The Morgan fingerprint density at radius 3 is 2.46 bits per heavy atom. The van der Waals surface area contributed by atoms with Crippen LogP contribution in [-0.4, -0.2) is 24.9 Å². The summed E-state index contributed by atoms with van der Waals surface area (Å²) in [7, 11) is 0. The Morgan fingerprint density at radius 1 is 1.12 bits per heavy atom. The molecular weight excluding hydrogens is 324 g/mol. The highest BCUT2D eigenvalue weighted by molar-refractivity contribution is 5.95. The minimum Gasteiger partial charge on any atom is -0.355 e. The summed E-state index contributed by atoms with van der Waals surface area (Å²) in [5.41, 5.74) is 3.15. The van der Waals surface area contributed by atoms with Crippen LogP contribution in [0.25, 0.3) is 0 Å². The minimum absolute atomic E-state index is 0.0318. The van der Waals surface area contributed by atoms with Gasteiger partial charge in [-0.3, -0.25) is 9.59 Å². The predicted molar refractivity (Wildman–Crippen MR) is 104 cm³/mol. The number of benzene rings is 2. The number of anilines is 1. The van der Waals surface area contributed by atoms with E-state index in [2.05, 4.69) is 24.4 Å². The number of nitrogens with zero attached hydrogens (tertiary/aromatic N) is 1. The Bertz CT molecular complexity index is 740. The Labute approximate surface area is 155 Å².